The molecule has 1 unspecified atom stereocenters. The van der Waals surface area contributed by atoms with Crippen LogP contribution in [0.25, 0.3) is 22.2 Å². The summed E-state index contributed by atoms with van der Waals surface area (Å²) in [6.45, 7) is 2.87. The van der Waals surface area contributed by atoms with Crippen LogP contribution >= 0.6 is 0 Å². The predicted octanol–water partition coefficient (Wildman–Crippen LogP) is 2.58. The van der Waals surface area contributed by atoms with Crippen molar-refractivity contribution in [2.75, 3.05) is 19.6 Å². The van der Waals surface area contributed by atoms with E-state index < -0.39 is 11.7 Å². The molecule has 0 aliphatic carbocycles. The maximum Gasteiger partial charge on any atom is 0.295 e. The molecule has 1 aliphatic heterocycles. The van der Waals surface area contributed by atoms with Gasteiger partial charge in [0.25, 0.3) is 17.6 Å². The van der Waals surface area contributed by atoms with Gasteiger partial charge in [0.05, 0.1) is 16.8 Å². The largest absolute Gasteiger partial charge is 0.359 e. The fourth-order valence-corrected chi connectivity index (χ4v) is 4.34. The molecule has 2 amide bonds. The van der Waals surface area contributed by atoms with Crippen LogP contribution in [-0.2, 0) is 4.79 Å². The summed E-state index contributed by atoms with van der Waals surface area (Å²) in [5.74, 6) is -1.25. The zero-order chi connectivity index (χ0) is 23.7. The summed E-state index contributed by atoms with van der Waals surface area (Å²) >= 11 is 0. The highest BCUT2D eigenvalue weighted by atomic mass is 16.2. The number of nitrogens with one attached hydrogen (secondary N) is 1. The van der Waals surface area contributed by atoms with Crippen molar-refractivity contribution in [2.24, 2.45) is 0 Å². The minimum atomic E-state index is -0.595. The summed E-state index contributed by atoms with van der Waals surface area (Å²) in [5, 5.41) is 0.609. The maximum absolute atomic E-state index is 13.2. The Morgan fingerprint density at radius 1 is 1.03 bits per heavy atom. The second-order valence-corrected chi connectivity index (χ2v) is 8.21. The second kappa shape index (κ2) is 8.86. The van der Waals surface area contributed by atoms with Crippen molar-refractivity contribution in [1.29, 1.82) is 0 Å². The van der Waals surface area contributed by atoms with E-state index in [-0.39, 0.29) is 17.5 Å². The van der Waals surface area contributed by atoms with E-state index in [2.05, 4.69) is 19.9 Å². The summed E-state index contributed by atoms with van der Waals surface area (Å²) in [7, 11) is 0. The molecule has 3 aromatic heterocycles. The van der Waals surface area contributed by atoms with Gasteiger partial charge in [0.1, 0.15) is 6.33 Å². The fourth-order valence-electron chi connectivity index (χ4n) is 4.34. The highest BCUT2D eigenvalue weighted by molar-refractivity contribution is 6.45. The molecule has 4 heterocycles. The number of H-pyrrole nitrogens is 1. The van der Waals surface area contributed by atoms with Gasteiger partial charge in [-0.2, -0.15) is 0 Å². The number of fused-ring (bicyclic) bond motifs is 1. The van der Waals surface area contributed by atoms with E-state index in [4.69, 9.17) is 0 Å². The summed E-state index contributed by atoms with van der Waals surface area (Å²) < 4.78 is 0. The number of rotatable bonds is 4. The van der Waals surface area contributed by atoms with Crippen LogP contribution in [0.15, 0.2) is 67.5 Å². The fraction of sp³-hybridized carbons (Fsp3) is 0.200. The molecular formula is C25H22N6O3. The Labute approximate surface area is 195 Å². The number of carbonyl (C=O) groups is 3. The minimum absolute atomic E-state index is 0.0765. The van der Waals surface area contributed by atoms with Gasteiger partial charge in [-0.3, -0.25) is 19.4 Å². The third-order valence-corrected chi connectivity index (χ3v) is 6.07. The molecule has 34 heavy (non-hydrogen) atoms. The number of benzene rings is 1. The van der Waals surface area contributed by atoms with E-state index in [9.17, 15) is 14.4 Å². The first-order valence-corrected chi connectivity index (χ1v) is 11.0. The number of Topliss-reactive ketones (excluding diaryl/α,β-unsaturated/α-hetero) is 1. The average Bonchev–Trinajstić information content (AvgIpc) is 3.33. The number of hydrogen-bond donors (Lipinski definition) is 1. The predicted molar refractivity (Wildman–Crippen MR) is 125 cm³/mol. The minimum Gasteiger partial charge on any atom is -0.359 e. The molecule has 4 aromatic rings. The number of carbonyl (C=O) groups excluding carboxylic acids is 3. The molecule has 9 heteroatoms. The second-order valence-electron chi connectivity index (χ2n) is 8.21. The number of piperazine rings is 1. The van der Waals surface area contributed by atoms with Crippen LogP contribution in [0.3, 0.4) is 0 Å². The number of aromatic nitrogens is 4. The van der Waals surface area contributed by atoms with Gasteiger partial charge in [0.2, 0.25) is 0 Å². The first-order valence-electron chi connectivity index (χ1n) is 11.0. The molecule has 5 rings (SSSR count). The van der Waals surface area contributed by atoms with Crippen LogP contribution in [0.5, 0.6) is 0 Å². The van der Waals surface area contributed by atoms with E-state index in [0.29, 0.717) is 47.4 Å². The number of aromatic amines is 1. The lowest BCUT2D eigenvalue weighted by atomic mass is 10.1. The van der Waals surface area contributed by atoms with Gasteiger partial charge in [0, 0.05) is 67.0 Å². The summed E-state index contributed by atoms with van der Waals surface area (Å²) in [4.78, 5) is 58.0. The third kappa shape index (κ3) is 3.81. The molecule has 170 valence electrons. The van der Waals surface area contributed by atoms with Crippen molar-refractivity contribution in [2.45, 2.75) is 13.0 Å². The quantitative estimate of drug-likeness (QED) is 0.375. The van der Waals surface area contributed by atoms with Crippen LogP contribution in [0.4, 0.5) is 0 Å². The molecule has 0 saturated carbocycles. The summed E-state index contributed by atoms with van der Waals surface area (Å²) in [5.41, 5.74) is 2.84. The Kier molecular flexibility index (Phi) is 5.59. The van der Waals surface area contributed by atoms with E-state index in [1.807, 2.05) is 25.1 Å². The monoisotopic (exact) mass is 454 g/mol. The number of amides is 2. The van der Waals surface area contributed by atoms with Gasteiger partial charge >= 0.3 is 0 Å². The van der Waals surface area contributed by atoms with E-state index in [1.165, 1.54) is 6.33 Å². The summed E-state index contributed by atoms with van der Waals surface area (Å²) in [6.07, 6.45) is 7.84. The van der Waals surface area contributed by atoms with Gasteiger partial charge in [-0.05, 0) is 25.1 Å². The molecule has 1 atom stereocenters. The lowest BCUT2D eigenvalue weighted by Gasteiger charge is -2.39. The molecule has 1 fully saturated rings. The van der Waals surface area contributed by atoms with Gasteiger partial charge < -0.3 is 14.8 Å². The van der Waals surface area contributed by atoms with Gasteiger partial charge in [-0.25, -0.2) is 9.97 Å². The molecule has 0 radical (unpaired) electrons. The third-order valence-electron chi connectivity index (χ3n) is 6.07. The standard InChI is InChI=1S/C25H22N6O3/c1-16-14-30(24(33)17-5-3-2-4-6-17)9-10-31(16)25(34)23(32)20-13-29-22-19(20)7-8-28-21(22)18-11-26-15-27-12-18/h2-8,11-13,15-16,29H,9-10,14H2,1H3. The number of pyridine rings is 1. The number of nitrogens with zero attached hydrogens (tertiary/aromatic N) is 5. The molecule has 1 aromatic carbocycles. The highest BCUT2D eigenvalue weighted by Gasteiger charge is 2.34. The van der Waals surface area contributed by atoms with E-state index >= 15 is 0 Å². The topological polar surface area (TPSA) is 112 Å². The molecular weight excluding hydrogens is 432 g/mol. The Bertz CT molecular complexity index is 1370. The smallest absolute Gasteiger partial charge is 0.295 e. The summed E-state index contributed by atoms with van der Waals surface area (Å²) in [6, 6.07) is 10.5. The van der Waals surface area contributed by atoms with Crippen molar-refractivity contribution >= 4 is 28.5 Å². The Morgan fingerprint density at radius 2 is 1.79 bits per heavy atom. The van der Waals surface area contributed by atoms with E-state index in [0.717, 1.165) is 0 Å². The van der Waals surface area contributed by atoms with Crippen molar-refractivity contribution < 1.29 is 14.4 Å². The van der Waals surface area contributed by atoms with Crippen LogP contribution < -0.4 is 0 Å². The Hall–Kier alpha value is -4.40. The van der Waals surface area contributed by atoms with Crippen LogP contribution in [0.2, 0.25) is 0 Å². The number of ketones is 1. The first-order chi connectivity index (χ1) is 16.5. The Balaban J connectivity index is 1.35. The van der Waals surface area contributed by atoms with Crippen LogP contribution in [0.1, 0.15) is 27.6 Å². The van der Waals surface area contributed by atoms with Crippen molar-refractivity contribution in [1.82, 2.24) is 29.7 Å². The molecule has 0 bridgehead atoms. The van der Waals surface area contributed by atoms with Crippen molar-refractivity contribution in [3.05, 3.63) is 78.6 Å². The Morgan fingerprint density at radius 3 is 2.53 bits per heavy atom. The highest BCUT2D eigenvalue weighted by Crippen LogP contribution is 2.27. The zero-order valence-electron chi connectivity index (χ0n) is 18.5. The van der Waals surface area contributed by atoms with Gasteiger partial charge in [0.15, 0.2) is 0 Å². The average molecular weight is 454 g/mol. The van der Waals surface area contributed by atoms with Crippen molar-refractivity contribution in [3.8, 4) is 11.3 Å². The normalized spacial score (nSPS) is 16.0. The molecule has 0 spiro atoms. The maximum atomic E-state index is 13.2. The lowest BCUT2D eigenvalue weighted by Crippen LogP contribution is -2.56. The van der Waals surface area contributed by atoms with Crippen LogP contribution in [-0.4, -0.2) is 73.0 Å². The molecule has 1 saturated heterocycles. The SMILES string of the molecule is CC1CN(C(=O)c2ccccc2)CCN1C(=O)C(=O)c1c[nH]c2c(-c3cncnc3)nccc12. The molecule has 1 aliphatic rings. The zero-order valence-corrected chi connectivity index (χ0v) is 18.5. The first kappa shape index (κ1) is 21.4. The van der Waals surface area contributed by atoms with Crippen LogP contribution in [0, 0.1) is 0 Å². The lowest BCUT2D eigenvalue weighted by molar-refractivity contribution is -0.130. The molecule has 9 nitrogen and oxygen atoms in total. The molecule has 1 N–H and O–H groups in total. The number of hydrogen-bond acceptors (Lipinski definition) is 6. The van der Waals surface area contributed by atoms with E-state index in [1.54, 1.807) is 52.8 Å². The van der Waals surface area contributed by atoms with Gasteiger partial charge in [-0.15, -0.1) is 0 Å². The van der Waals surface area contributed by atoms with Gasteiger partial charge in [-0.1, -0.05) is 18.2 Å². The van der Waals surface area contributed by atoms with Crippen molar-refractivity contribution in [3.63, 3.8) is 0 Å².